The van der Waals surface area contributed by atoms with E-state index in [0.717, 1.165) is 30.8 Å². The summed E-state index contributed by atoms with van der Waals surface area (Å²) in [4.78, 5) is 12.5. The summed E-state index contributed by atoms with van der Waals surface area (Å²) in [5.41, 5.74) is 2.14. The molecule has 5 nitrogen and oxygen atoms in total. The molecule has 132 valence electrons. The second-order valence-electron chi connectivity index (χ2n) is 6.08. The van der Waals surface area contributed by atoms with Crippen molar-refractivity contribution in [1.29, 1.82) is 0 Å². The zero-order valence-corrected chi connectivity index (χ0v) is 14.6. The van der Waals surface area contributed by atoms with Crippen molar-refractivity contribution < 1.29 is 19.0 Å². The molecular weight excluding hydrogens is 318 g/mol. The summed E-state index contributed by atoms with van der Waals surface area (Å²) < 4.78 is 16.7. The average molecular weight is 341 g/mol. The van der Waals surface area contributed by atoms with Crippen molar-refractivity contribution >= 4 is 11.6 Å². The Morgan fingerprint density at radius 3 is 2.80 bits per heavy atom. The van der Waals surface area contributed by atoms with Crippen molar-refractivity contribution in [2.45, 2.75) is 25.9 Å². The summed E-state index contributed by atoms with van der Waals surface area (Å²) in [6.45, 7) is 3.20. The molecule has 1 unspecified atom stereocenters. The average Bonchev–Trinajstić information content (AvgIpc) is 3.14. The summed E-state index contributed by atoms with van der Waals surface area (Å²) >= 11 is 0. The van der Waals surface area contributed by atoms with E-state index in [9.17, 15) is 4.79 Å². The van der Waals surface area contributed by atoms with Crippen LogP contribution in [0.4, 0.5) is 5.69 Å². The molecule has 0 radical (unpaired) electrons. The van der Waals surface area contributed by atoms with Crippen LogP contribution in [0.15, 0.2) is 42.5 Å². The summed E-state index contributed by atoms with van der Waals surface area (Å²) in [6, 6.07) is 12.8. The lowest BCUT2D eigenvalue weighted by molar-refractivity contribution is 0.0682. The number of hydrogen-bond acceptors (Lipinski definition) is 4. The molecule has 25 heavy (non-hydrogen) atoms. The maximum atomic E-state index is 12.5. The fraction of sp³-hybridized carbons (Fsp3) is 0.350. The van der Waals surface area contributed by atoms with Gasteiger partial charge in [0.25, 0.3) is 5.91 Å². The van der Waals surface area contributed by atoms with E-state index in [1.54, 1.807) is 19.2 Å². The predicted molar refractivity (Wildman–Crippen MR) is 96.6 cm³/mol. The molecule has 0 aliphatic carbocycles. The molecule has 1 N–H and O–H groups in total. The van der Waals surface area contributed by atoms with Crippen molar-refractivity contribution in [3.63, 3.8) is 0 Å². The summed E-state index contributed by atoms with van der Waals surface area (Å²) in [6.07, 6.45) is 2.22. The van der Waals surface area contributed by atoms with E-state index in [1.165, 1.54) is 0 Å². The molecule has 1 aliphatic heterocycles. The summed E-state index contributed by atoms with van der Waals surface area (Å²) in [5, 5.41) is 2.92. The molecule has 1 saturated heterocycles. The van der Waals surface area contributed by atoms with Crippen molar-refractivity contribution in [2.24, 2.45) is 0 Å². The lowest BCUT2D eigenvalue weighted by Gasteiger charge is -2.15. The molecule has 0 saturated carbocycles. The van der Waals surface area contributed by atoms with Gasteiger partial charge in [0.05, 0.1) is 18.9 Å². The molecule has 1 heterocycles. The second-order valence-corrected chi connectivity index (χ2v) is 6.08. The minimum Gasteiger partial charge on any atom is -0.496 e. The molecule has 2 aromatic carbocycles. The minimum absolute atomic E-state index is 0.132. The fourth-order valence-corrected chi connectivity index (χ4v) is 2.87. The number of aryl methyl sites for hydroxylation is 1. The lowest BCUT2D eigenvalue weighted by Crippen LogP contribution is -2.18. The number of anilines is 1. The highest BCUT2D eigenvalue weighted by Gasteiger charge is 2.17. The first-order valence-electron chi connectivity index (χ1n) is 8.47. The van der Waals surface area contributed by atoms with Crippen LogP contribution in [0.2, 0.25) is 0 Å². The number of para-hydroxylation sites is 2. The van der Waals surface area contributed by atoms with Crippen molar-refractivity contribution in [3.8, 4) is 11.5 Å². The Morgan fingerprint density at radius 1 is 1.24 bits per heavy atom. The number of rotatable bonds is 6. The summed E-state index contributed by atoms with van der Waals surface area (Å²) in [7, 11) is 1.61. The van der Waals surface area contributed by atoms with Gasteiger partial charge in [0.2, 0.25) is 0 Å². The van der Waals surface area contributed by atoms with Gasteiger partial charge in [0, 0.05) is 12.2 Å². The van der Waals surface area contributed by atoms with Crippen molar-refractivity contribution in [1.82, 2.24) is 0 Å². The topological polar surface area (TPSA) is 56.8 Å². The van der Waals surface area contributed by atoms with Gasteiger partial charge < -0.3 is 19.5 Å². The lowest BCUT2D eigenvalue weighted by atomic mass is 10.1. The highest BCUT2D eigenvalue weighted by atomic mass is 16.5. The molecule has 0 spiro atoms. The first-order chi connectivity index (χ1) is 12.2. The molecule has 3 rings (SSSR count). The van der Waals surface area contributed by atoms with E-state index in [1.807, 2.05) is 37.3 Å². The van der Waals surface area contributed by atoms with Crippen LogP contribution >= 0.6 is 0 Å². The number of hydrogen-bond donors (Lipinski definition) is 1. The second kappa shape index (κ2) is 8.03. The predicted octanol–water partition coefficient (Wildman–Crippen LogP) is 3.81. The van der Waals surface area contributed by atoms with Crippen molar-refractivity contribution in [2.75, 3.05) is 25.6 Å². The highest BCUT2D eigenvalue weighted by Crippen LogP contribution is 2.26. The molecule has 1 aliphatic rings. The van der Waals surface area contributed by atoms with Gasteiger partial charge in [0.1, 0.15) is 18.1 Å². The Balaban J connectivity index is 1.69. The van der Waals surface area contributed by atoms with Crippen LogP contribution in [-0.4, -0.2) is 32.3 Å². The van der Waals surface area contributed by atoms with Crippen LogP contribution in [-0.2, 0) is 4.74 Å². The van der Waals surface area contributed by atoms with Crippen molar-refractivity contribution in [3.05, 3.63) is 53.6 Å². The third-order valence-electron chi connectivity index (χ3n) is 4.24. The SMILES string of the molecule is COc1ccc(C(=O)Nc2ccccc2OCC2CCCO2)cc1C. The molecule has 1 atom stereocenters. The third kappa shape index (κ3) is 4.31. The van der Waals surface area contributed by atoms with E-state index in [0.29, 0.717) is 23.6 Å². The van der Waals surface area contributed by atoms with Gasteiger partial charge in [-0.25, -0.2) is 0 Å². The summed E-state index contributed by atoms with van der Waals surface area (Å²) in [5.74, 6) is 1.23. The molecular formula is C20H23NO4. The van der Waals surface area contributed by atoms with E-state index in [4.69, 9.17) is 14.2 Å². The van der Waals surface area contributed by atoms with Gasteiger partial charge in [-0.15, -0.1) is 0 Å². The normalized spacial score (nSPS) is 16.5. The monoisotopic (exact) mass is 341 g/mol. The smallest absolute Gasteiger partial charge is 0.255 e. The van der Waals surface area contributed by atoms with Gasteiger partial charge in [-0.05, 0) is 55.7 Å². The van der Waals surface area contributed by atoms with Crippen LogP contribution in [0.25, 0.3) is 0 Å². The molecule has 0 aromatic heterocycles. The molecule has 1 fully saturated rings. The van der Waals surface area contributed by atoms with E-state index in [2.05, 4.69) is 5.32 Å². The first-order valence-corrected chi connectivity index (χ1v) is 8.47. The van der Waals surface area contributed by atoms with E-state index < -0.39 is 0 Å². The number of amides is 1. The van der Waals surface area contributed by atoms with Crippen LogP contribution < -0.4 is 14.8 Å². The Hall–Kier alpha value is -2.53. The quantitative estimate of drug-likeness (QED) is 0.868. The van der Waals surface area contributed by atoms with Crippen LogP contribution in [0, 0.1) is 6.92 Å². The van der Waals surface area contributed by atoms with E-state index >= 15 is 0 Å². The molecule has 1 amide bonds. The van der Waals surface area contributed by atoms with Gasteiger partial charge >= 0.3 is 0 Å². The third-order valence-corrected chi connectivity index (χ3v) is 4.24. The number of benzene rings is 2. The Kier molecular flexibility index (Phi) is 5.56. The minimum atomic E-state index is -0.182. The standard InChI is InChI=1S/C20H23NO4/c1-14-12-15(9-10-18(14)23-2)20(22)21-17-7-3-4-8-19(17)25-13-16-6-5-11-24-16/h3-4,7-10,12,16H,5-6,11,13H2,1-2H3,(H,21,22). The van der Waals surface area contributed by atoms with Crippen LogP contribution in [0.5, 0.6) is 11.5 Å². The number of carbonyl (C=O) groups excluding carboxylic acids is 1. The largest absolute Gasteiger partial charge is 0.496 e. The van der Waals surface area contributed by atoms with Crippen LogP contribution in [0.1, 0.15) is 28.8 Å². The maximum absolute atomic E-state index is 12.5. The Morgan fingerprint density at radius 2 is 2.08 bits per heavy atom. The Labute approximate surface area is 147 Å². The number of nitrogens with one attached hydrogen (secondary N) is 1. The van der Waals surface area contributed by atoms with Gasteiger partial charge in [-0.3, -0.25) is 4.79 Å². The molecule has 0 bridgehead atoms. The van der Waals surface area contributed by atoms with Gasteiger partial charge in [-0.1, -0.05) is 12.1 Å². The number of methoxy groups -OCH3 is 1. The Bertz CT molecular complexity index is 738. The number of carbonyl (C=O) groups is 1. The van der Waals surface area contributed by atoms with Gasteiger partial charge in [0.15, 0.2) is 0 Å². The molecule has 2 aromatic rings. The molecule has 5 heteroatoms. The zero-order valence-electron chi connectivity index (χ0n) is 14.6. The van der Waals surface area contributed by atoms with E-state index in [-0.39, 0.29) is 12.0 Å². The first kappa shape index (κ1) is 17.3. The number of ether oxygens (including phenoxy) is 3. The highest BCUT2D eigenvalue weighted by molar-refractivity contribution is 6.05. The van der Waals surface area contributed by atoms with Gasteiger partial charge in [-0.2, -0.15) is 0 Å². The fourth-order valence-electron chi connectivity index (χ4n) is 2.87. The van der Waals surface area contributed by atoms with Crippen LogP contribution in [0.3, 0.4) is 0 Å². The zero-order chi connectivity index (χ0) is 17.6. The maximum Gasteiger partial charge on any atom is 0.255 e.